The smallest absolute Gasteiger partial charge is 0.272 e. The second-order valence-corrected chi connectivity index (χ2v) is 6.44. The van der Waals surface area contributed by atoms with Crippen LogP contribution in [0, 0.1) is 0 Å². The lowest BCUT2D eigenvalue weighted by Crippen LogP contribution is -2.39. The van der Waals surface area contributed by atoms with Gasteiger partial charge in [0.2, 0.25) is 0 Å². The average Bonchev–Trinajstić information content (AvgIpc) is 3.10. The average molecular weight is 348 g/mol. The Hall–Kier alpha value is -3.15. The summed E-state index contributed by atoms with van der Waals surface area (Å²) in [7, 11) is 0. The van der Waals surface area contributed by atoms with Crippen molar-refractivity contribution in [3.8, 4) is 5.69 Å². The van der Waals surface area contributed by atoms with Gasteiger partial charge in [0.25, 0.3) is 11.5 Å². The van der Waals surface area contributed by atoms with Crippen molar-refractivity contribution in [2.24, 2.45) is 0 Å². The van der Waals surface area contributed by atoms with E-state index in [1.165, 1.54) is 10.7 Å². The van der Waals surface area contributed by atoms with E-state index < -0.39 is 0 Å². The summed E-state index contributed by atoms with van der Waals surface area (Å²) >= 11 is 0. The fourth-order valence-electron chi connectivity index (χ4n) is 3.48. The first-order chi connectivity index (χ1) is 12.7. The lowest BCUT2D eigenvalue weighted by molar-refractivity contribution is 0.0599. The molecule has 1 N–H and O–H groups in total. The molecule has 3 heterocycles. The molecule has 1 fully saturated rings. The lowest BCUT2D eigenvalue weighted by atomic mass is 9.98. The van der Waals surface area contributed by atoms with Crippen LogP contribution in [0.15, 0.2) is 65.6 Å². The predicted octanol–water partition coefficient (Wildman–Crippen LogP) is 2.93. The van der Waals surface area contributed by atoms with Crippen LogP contribution in [0.25, 0.3) is 5.69 Å². The van der Waals surface area contributed by atoms with Crippen LogP contribution in [0.3, 0.4) is 0 Å². The molecule has 1 amide bonds. The van der Waals surface area contributed by atoms with E-state index in [9.17, 15) is 9.59 Å². The molecule has 26 heavy (non-hydrogen) atoms. The van der Waals surface area contributed by atoms with Gasteiger partial charge in [-0.3, -0.25) is 19.7 Å². The van der Waals surface area contributed by atoms with E-state index >= 15 is 0 Å². The third-order valence-electron chi connectivity index (χ3n) is 4.76. The highest BCUT2D eigenvalue weighted by Crippen LogP contribution is 2.30. The second kappa shape index (κ2) is 7.00. The van der Waals surface area contributed by atoms with Gasteiger partial charge in [-0.2, -0.15) is 0 Å². The highest BCUT2D eigenvalue weighted by atomic mass is 16.2. The summed E-state index contributed by atoms with van der Waals surface area (Å²) in [4.78, 5) is 31.7. The summed E-state index contributed by atoms with van der Waals surface area (Å²) in [6.45, 7) is 0.665. The molecule has 6 nitrogen and oxygen atoms in total. The van der Waals surface area contributed by atoms with Gasteiger partial charge in [-0.25, -0.2) is 4.68 Å². The number of hydrogen-bond donors (Lipinski definition) is 1. The Morgan fingerprint density at radius 2 is 1.88 bits per heavy atom. The lowest BCUT2D eigenvalue weighted by Gasteiger charge is -2.35. The van der Waals surface area contributed by atoms with Gasteiger partial charge < -0.3 is 4.90 Å². The largest absolute Gasteiger partial charge is 0.329 e. The molecule has 0 saturated carbocycles. The van der Waals surface area contributed by atoms with Crippen molar-refractivity contribution < 1.29 is 4.79 Å². The number of nitrogens with one attached hydrogen (secondary N) is 1. The normalized spacial score (nSPS) is 17.2. The van der Waals surface area contributed by atoms with Crippen molar-refractivity contribution >= 4 is 5.91 Å². The molecule has 4 rings (SSSR count). The molecule has 0 bridgehead atoms. The van der Waals surface area contributed by atoms with Crippen LogP contribution in [0.1, 0.15) is 41.5 Å². The number of para-hydroxylation sites is 1. The Bertz CT molecular complexity index is 947. The summed E-state index contributed by atoms with van der Waals surface area (Å²) in [5, 5.41) is 2.96. The molecular weight excluding hydrogens is 328 g/mol. The number of amides is 1. The van der Waals surface area contributed by atoms with Gasteiger partial charge in [-0.1, -0.05) is 24.3 Å². The number of aromatic nitrogens is 3. The summed E-state index contributed by atoms with van der Waals surface area (Å²) in [6.07, 6.45) is 4.65. The van der Waals surface area contributed by atoms with Crippen molar-refractivity contribution in [1.82, 2.24) is 19.7 Å². The van der Waals surface area contributed by atoms with E-state index in [1.807, 2.05) is 53.4 Å². The van der Waals surface area contributed by atoms with Crippen LogP contribution in [-0.4, -0.2) is 32.1 Å². The van der Waals surface area contributed by atoms with E-state index in [2.05, 4.69) is 10.1 Å². The number of likely N-dealkylation sites (tertiary alicyclic amines) is 1. The van der Waals surface area contributed by atoms with Crippen molar-refractivity contribution in [1.29, 1.82) is 0 Å². The van der Waals surface area contributed by atoms with E-state index in [1.54, 1.807) is 6.20 Å². The molecule has 1 atom stereocenters. The molecule has 0 spiro atoms. The highest BCUT2D eigenvalue weighted by Gasteiger charge is 2.30. The van der Waals surface area contributed by atoms with Gasteiger partial charge in [-0.15, -0.1) is 0 Å². The van der Waals surface area contributed by atoms with Gasteiger partial charge in [0.05, 0.1) is 17.4 Å². The van der Waals surface area contributed by atoms with E-state index in [0.717, 1.165) is 25.0 Å². The van der Waals surface area contributed by atoms with Crippen LogP contribution < -0.4 is 5.56 Å². The highest BCUT2D eigenvalue weighted by molar-refractivity contribution is 5.92. The molecule has 2 aromatic heterocycles. The Balaban J connectivity index is 1.65. The molecule has 1 saturated heterocycles. The van der Waals surface area contributed by atoms with E-state index in [4.69, 9.17) is 0 Å². The number of carbonyl (C=O) groups excluding carboxylic acids is 1. The maximum Gasteiger partial charge on any atom is 0.272 e. The predicted molar refractivity (Wildman–Crippen MR) is 98.3 cm³/mol. The fraction of sp³-hybridized carbons (Fsp3) is 0.250. The maximum absolute atomic E-state index is 13.1. The number of carbonyl (C=O) groups is 1. The summed E-state index contributed by atoms with van der Waals surface area (Å²) in [6, 6.07) is 16.3. The first-order valence-corrected chi connectivity index (χ1v) is 8.83. The Kier molecular flexibility index (Phi) is 4.39. The molecule has 1 aliphatic heterocycles. The third kappa shape index (κ3) is 3.06. The van der Waals surface area contributed by atoms with Crippen molar-refractivity contribution in [2.45, 2.75) is 25.3 Å². The Labute approximate surface area is 151 Å². The van der Waals surface area contributed by atoms with Crippen LogP contribution in [0.2, 0.25) is 0 Å². The zero-order valence-corrected chi connectivity index (χ0v) is 14.3. The number of pyridine rings is 1. The van der Waals surface area contributed by atoms with Gasteiger partial charge in [0.1, 0.15) is 5.69 Å². The van der Waals surface area contributed by atoms with Crippen LogP contribution in [0.5, 0.6) is 0 Å². The van der Waals surface area contributed by atoms with Gasteiger partial charge in [0.15, 0.2) is 0 Å². The zero-order valence-electron chi connectivity index (χ0n) is 14.3. The molecule has 132 valence electrons. The summed E-state index contributed by atoms with van der Waals surface area (Å²) in [5.74, 6) is -0.160. The van der Waals surface area contributed by atoms with Crippen molar-refractivity contribution in [2.75, 3.05) is 6.54 Å². The minimum Gasteiger partial charge on any atom is -0.329 e. The topological polar surface area (TPSA) is 71.0 Å². The maximum atomic E-state index is 13.1. The van der Waals surface area contributed by atoms with E-state index in [-0.39, 0.29) is 17.5 Å². The molecule has 0 aliphatic carbocycles. The number of rotatable bonds is 3. The number of nitrogens with zero attached hydrogens (tertiary/aromatic N) is 3. The molecule has 1 unspecified atom stereocenters. The van der Waals surface area contributed by atoms with Crippen LogP contribution in [-0.2, 0) is 0 Å². The number of hydrogen-bond acceptors (Lipinski definition) is 3. The first kappa shape index (κ1) is 16.3. The number of benzene rings is 1. The SMILES string of the molecule is O=C(c1cc(=O)n(-c2ccccc2)[nH]1)N1CCCCC1c1ccccn1. The molecule has 3 aromatic rings. The quantitative estimate of drug-likeness (QED) is 0.791. The molecule has 6 heteroatoms. The van der Waals surface area contributed by atoms with Crippen molar-refractivity contribution in [3.63, 3.8) is 0 Å². The Morgan fingerprint density at radius 1 is 1.08 bits per heavy atom. The second-order valence-electron chi connectivity index (χ2n) is 6.44. The molecular formula is C20H20N4O2. The Morgan fingerprint density at radius 3 is 2.65 bits per heavy atom. The minimum atomic E-state index is -0.244. The third-order valence-corrected chi connectivity index (χ3v) is 4.76. The summed E-state index contributed by atoms with van der Waals surface area (Å²) < 4.78 is 1.40. The van der Waals surface area contributed by atoms with Gasteiger partial charge >= 0.3 is 0 Å². The van der Waals surface area contributed by atoms with E-state index in [0.29, 0.717) is 17.9 Å². The molecule has 0 radical (unpaired) electrons. The monoisotopic (exact) mass is 348 g/mol. The first-order valence-electron chi connectivity index (χ1n) is 8.83. The van der Waals surface area contributed by atoms with Gasteiger partial charge in [0, 0.05) is 18.8 Å². The molecule has 1 aromatic carbocycles. The number of piperidine rings is 1. The number of aromatic amines is 1. The zero-order chi connectivity index (χ0) is 17.9. The van der Waals surface area contributed by atoms with Gasteiger partial charge in [-0.05, 0) is 43.5 Å². The minimum absolute atomic E-state index is 0.0546. The van der Waals surface area contributed by atoms with Crippen LogP contribution >= 0.6 is 0 Å². The number of H-pyrrole nitrogens is 1. The standard InChI is InChI=1S/C20H20N4O2/c25-19-14-17(22-24(19)15-8-2-1-3-9-15)20(26)23-13-7-5-11-18(23)16-10-4-6-12-21-16/h1-4,6,8-10,12,14,18,22H,5,7,11,13H2. The van der Waals surface area contributed by atoms with Crippen molar-refractivity contribution in [3.05, 3.63) is 82.5 Å². The molecule has 1 aliphatic rings. The summed E-state index contributed by atoms with van der Waals surface area (Å²) in [5.41, 5.74) is 1.66. The van der Waals surface area contributed by atoms with Crippen LogP contribution in [0.4, 0.5) is 0 Å². The fourth-order valence-corrected chi connectivity index (χ4v) is 3.48.